The SMILES string of the molecule is CCOC(=O)c1cn(CC)c2c3c(ccc2c1=O)CC(CN=CCC1CN(c2ccc4c(n2)NC(=O)CO4)C(O)O1)C3. The number of carbonyl (C=O) groups is 2. The fraction of sp³-hybridized carbons (Fsp3) is 0.433. The van der Waals surface area contributed by atoms with Crippen LogP contribution < -0.4 is 20.4 Å². The molecule has 0 bridgehead atoms. The number of hydrogen-bond acceptors (Lipinski definition) is 10. The Morgan fingerprint density at radius 2 is 2.10 bits per heavy atom. The van der Waals surface area contributed by atoms with Gasteiger partial charge in [-0.3, -0.25) is 14.6 Å². The molecule has 42 heavy (non-hydrogen) atoms. The quantitative estimate of drug-likeness (QED) is 0.305. The highest BCUT2D eigenvalue weighted by Gasteiger charge is 2.33. The van der Waals surface area contributed by atoms with Gasteiger partial charge in [-0.2, -0.15) is 0 Å². The molecule has 220 valence electrons. The second-order valence-electron chi connectivity index (χ2n) is 10.6. The minimum absolute atomic E-state index is 0.0494. The molecule has 1 amide bonds. The standard InChI is InChI=1S/C30H33N5O7/c1-3-34-15-22(29(38)40-4-2)27(37)20-6-5-18-11-17(12-21(18)26(20)34)13-31-10-9-19-14-35(30(39)42-19)24-8-7-23-28(32-24)33-25(36)16-41-23/h5-8,10,15,17,19,30,39H,3-4,9,11-14,16H2,1-2H3,(H,32,33,36). The van der Waals surface area contributed by atoms with E-state index in [0.29, 0.717) is 48.8 Å². The van der Waals surface area contributed by atoms with Crippen LogP contribution in [0.3, 0.4) is 0 Å². The molecule has 1 fully saturated rings. The molecule has 1 saturated heterocycles. The number of aliphatic imine (C=N–C) groups is 1. The maximum absolute atomic E-state index is 13.1. The number of aliphatic hydroxyl groups excluding tert-OH is 1. The summed E-state index contributed by atoms with van der Waals surface area (Å²) in [5, 5.41) is 13.7. The predicted octanol–water partition coefficient (Wildman–Crippen LogP) is 2.28. The molecule has 0 radical (unpaired) electrons. The number of aliphatic hydroxyl groups is 1. The first-order chi connectivity index (χ1) is 20.4. The smallest absolute Gasteiger partial charge is 0.343 e. The fourth-order valence-electron chi connectivity index (χ4n) is 5.90. The largest absolute Gasteiger partial charge is 0.480 e. The molecule has 3 unspecified atom stereocenters. The monoisotopic (exact) mass is 575 g/mol. The van der Waals surface area contributed by atoms with Crippen LogP contribution >= 0.6 is 0 Å². The molecule has 12 nitrogen and oxygen atoms in total. The fourth-order valence-corrected chi connectivity index (χ4v) is 5.90. The summed E-state index contributed by atoms with van der Waals surface area (Å²) in [7, 11) is 0. The van der Waals surface area contributed by atoms with E-state index in [1.54, 1.807) is 30.2 Å². The molecule has 2 aliphatic heterocycles. The van der Waals surface area contributed by atoms with Gasteiger partial charge in [0.15, 0.2) is 18.2 Å². The van der Waals surface area contributed by atoms with Gasteiger partial charge in [0.05, 0.1) is 24.8 Å². The van der Waals surface area contributed by atoms with E-state index in [4.69, 9.17) is 14.2 Å². The van der Waals surface area contributed by atoms with Crippen molar-refractivity contribution in [3.05, 3.63) is 57.4 Å². The van der Waals surface area contributed by atoms with Crippen LogP contribution in [0.1, 0.15) is 41.8 Å². The van der Waals surface area contributed by atoms with Crippen molar-refractivity contribution in [2.75, 3.05) is 36.5 Å². The van der Waals surface area contributed by atoms with E-state index in [1.807, 2.05) is 29.8 Å². The van der Waals surface area contributed by atoms with Gasteiger partial charge in [-0.1, -0.05) is 6.07 Å². The first-order valence-corrected chi connectivity index (χ1v) is 14.2. The molecule has 0 saturated carbocycles. The lowest BCUT2D eigenvalue weighted by atomic mass is 10.0. The number of esters is 1. The maximum atomic E-state index is 13.1. The first kappa shape index (κ1) is 27.9. The van der Waals surface area contributed by atoms with Crippen molar-refractivity contribution < 1.29 is 28.9 Å². The zero-order valence-corrected chi connectivity index (χ0v) is 23.5. The second-order valence-corrected chi connectivity index (χ2v) is 10.6. The van der Waals surface area contributed by atoms with E-state index >= 15 is 0 Å². The Morgan fingerprint density at radius 3 is 2.90 bits per heavy atom. The average molecular weight is 576 g/mol. The summed E-state index contributed by atoms with van der Waals surface area (Å²) in [6.07, 6.45) is 4.20. The summed E-state index contributed by atoms with van der Waals surface area (Å²) in [6, 6.07) is 7.24. The van der Waals surface area contributed by atoms with E-state index in [9.17, 15) is 19.5 Å². The van der Waals surface area contributed by atoms with Crippen LogP contribution in [0.5, 0.6) is 5.75 Å². The highest BCUT2D eigenvalue weighted by Crippen LogP contribution is 2.33. The molecule has 3 atom stereocenters. The van der Waals surface area contributed by atoms with Gasteiger partial charge in [-0.15, -0.1) is 0 Å². The summed E-state index contributed by atoms with van der Waals surface area (Å²) >= 11 is 0. The van der Waals surface area contributed by atoms with Crippen molar-refractivity contribution in [1.82, 2.24) is 9.55 Å². The van der Waals surface area contributed by atoms with Crippen LogP contribution in [-0.4, -0.2) is 71.6 Å². The Balaban J connectivity index is 1.09. The van der Waals surface area contributed by atoms with E-state index in [0.717, 1.165) is 23.9 Å². The Kier molecular flexibility index (Phi) is 7.65. The van der Waals surface area contributed by atoms with Gasteiger partial charge >= 0.3 is 5.97 Å². The first-order valence-electron chi connectivity index (χ1n) is 14.2. The molecular formula is C30H33N5O7. The minimum atomic E-state index is -1.16. The van der Waals surface area contributed by atoms with Gasteiger partial charge in [0.2, 0.25) is 11.8 Å². The third kappa shape index (κ3) is 5.23. The van der Waals surface area contributed by atoms with Gasteiger partial charge in [0, 0.05) is 37.3 Å². The van der Waals surface area contributed by atoms with Crippen LogP contribution in [0.2, 0.25) is 0 Å². The lowest BCUT2D eigenvalue weighted by Gasteiger charge is -2.22. The summed E-state index contributed by atoms with van der Waals surface area (Å²) in [5.41, 5.74) is 2.99. The highest BCUT2D eigenvalue weighted by molar-refractivity contribution is 5.95. The van der Waals surface area contributed by atoms with Crippen molar-refractivity contribution in [2.24, 2.45) is 10.9 Å². The Bertz CT molecular complexity index is 1630. The van der Waals surface area contributed by atoms with Gasteiger partial charge < -0.3 is 34.1 Å². The van der Waals surface area contributed by atoms with Crippen LogP contribution in [0.15, 0.2) is 40.2 Å². The number of rotatable bonds is 8. The van der Waals surface area contributed by atoms with Crippen LogP contribution in [-0.2, 0) is 33.7 Å². The van der Waals surface area contributed by atoms with Gasteiger partial charge in [0.1, 0.15) is 11.4 Å². The van der Waals surface area contributed by atoms with Crippen LogP contribution in [0.25, 0.3) is 10.9 Å². The Labute approximate surface area is 241 Å². The lowest BCUT2D eigenvalue weighted by Crippen LogP contribution is -2.32. The molecule has 12 heteroatoms. The summed E-state index contributed by atoms with van der Waals surface area (Å²) in [4.78, 5) is 47.9. The third-order valence-corrected chi connectivity index (χ3v) is 7.88. The number of benzene rings is 1. The van der Waals surface area contributed by atoms with Gasteiger partial charge in [0.25, 0.3) is 5.91 Å². The third-order valence-electron chi connectivity index (χ3n) is 7.88. The molecule has 4 heterocycles. The number of fused-ring (bicyclic) bond motifs is 4. The van der Waals surface area contributed by atoms with Crippen LogP contribution in [0, 0.1) is 5.92 Å². The number of nitrogens with one attached hydrogen (secondary N) is 1. The van der Waals surface area contributed by atoms with Crippen molar-refractivity contribution >= 4 is 40.6 Å². The molecule has 0 spiro atoms. The molecule has 1 aromatic carbocycles. The molecule has 2 aromatic heterocycles. The van der Waals surface area contributed by atoms with E-state index in [2.05, 4.69) is 15.3 Å². The number of amides is 1. The number of aromatic nitrogens is 2. The van der Waals surface area contributed by atoms with Gasteiger partial charge in [-0.25, -0.2) is 9.78 Å². The number of pyridine rings is 2. The number of nitrogens with zero attached hydrogens (tertiary/aromatic N) is 4. The lowest BCUT2D eigenvalue weighted by molar-refractivity contribution is -0.118. The zero-order chi connectivity index (χ0) is 29.4. The topological polar surface area (TPSA) is 145 Å². The molecular weight excluding hydrogens is 542 g/mol. The van der Waals surface area contributed by atoms with E-state index in [-0.39, 0.29) is 42.1 Å². The molecule has 2 N–H and O–H groups in total. The number of anilines is 2. The summed E-state index contributed by atoms with van der Waals surface area (Å²) in [5.74, 6) is 0.696. The molecule has 3 aliphatic rings. The number of aryl methyl sites for hydroxylation is 1. The van der Waals surface area contributed by atoms with E-state index < -0.39 is 12.4 Å². The number of ether oxygens (including phenoxy) is 3. The number of hydrogen-bond donors (Lipinski definition) is 2. The summed E-state index contributed by atoms with van der Waals surface area (Å²) < 4.78 is 18.1. The Hall–Kier alpha value is -4.29. The average Bonchev–Trinajstić information content (AvgIpc) is 3.58. The normalized spacial score (nSPS) is 21.4. The number of carbonyl (C=O) groups excluding carboxylic acids is 2. The van der Waals surface area contributed by atoms with Crippen molar-refractivity contribution in [2.45, 2.75) is 52.2 Å². The van der Waals surface area contributed by atoms with Gasteiger partial charge in [-0.05, 0) is 61.9 Å². The second kappa shape index (κ2) is 11.5. The van der Waals surface area contributed by atoms with E-state index in [1.165, 1.54) is 5.56 Å². The van der Waals surface area contributed by atoms with Crippen molar-refractivity contribution in [3.8, 4) is 5.75 Å². The van der Waals surface area contributed by atoms with Crippen molar-refractivity contribution in [1.29, 1.82) is 0 Å². The summed E-state index contributed by atoms with van der Waals surface area (Å²) in [6.45, 7) is 5.53. The molecule has 1 aliphatic carbocycles. The molecule has 3 aromatic rings. The minimum Gasteiger partial charge on any atom is -0.480 e. The highest BCUT2D eigenvalue weighted by atomic mass is 16.6. The maximum Gasteiger partial charge on any atom is 0.343 e. The Morgan fingerprint density at radius 1 is 1.24 bits per heavy atom. The van der Waals surface area contributed by atoms with Crippen LogP contribution in [0.4, 0.5) is 11.6 Å². The molecule has 6 rings (SSSR count). The van der Waals surface area contributed by atoms with Crippen molar-refractivity contribution in [3.63, 3.8) is 0 Å². The predicted molar refractivity (Wildman–Crippen MR) is 155 cm³/mol. The zero-order valence-electron chi connectivity index (χ0n) is 23.5.